The lowest BCUT2D eigenvalue weighted by Crippen LogP contribution is -2.37. The summed E-state index contributed by atoms with van der Waals surface area (Å²) in [6.07, 6.45) is 2.30. The normalized spacial score (nSPS) is 18.2. The SMILES string of the molecule is O=[N+]([O-])c1cccc(CN2CCCC(COc3ccccc3)C2)c1. The fourth-order valence-corrected chi connectivity index (χ4v) is 3.19. The van der Waals surface area contributed by atoms with Crippen LogP contribution in [0.3, 0.4) is 0 Å². The predicted octanol–water partition coefficient (Wildman–Crippen LogP) is 3.89. The summed E-state index contributed by atoms with van der Waals surface area (Å²) in [5.41, 5.74) is 1.15. The molecular formula is C19H22N2O3. The molecule has 0 N–H and O–H groups in total. The Bertz CT molecular complexity index is 675. The molecule has 24 heavy (non-hydrogen) atoms. The van der Waals surface area contributed by atoms with E-state index in [0.29, 0.717) is 5.92 Å². The van der Waals surface area contributed by atoms with E-state index >= 15 is 0 Å². The van der Waals surface area contributed by atoms with Crippen molar-refractivity contribution >= 4 is 5.69 Å². The summed E-state index contributed by atoms with van der Waals surface area (Å²) in [4.78, 5) is 12.9. The van der Waals surface area contributed by atoms with Crippen LogP contribution in [0.4, 0.5) is 5.69 Å². The zero-order valence-electron chi connectivity index (χ0n) is 13.6. The average Bonchev–Trinajstić information content (AvgIpc) is 2.61. The first-order valence-corrected chi connectivity index (χ1v) is 8.34. The number of rotatable bonds is 6. The predicted molar refractivity (Wildman–Crippen MR) is 93.0 cm³/mol. The van der Waals surface area contributed by atoms with Gasteiger partial charge in [-0.2, -0.15) is 0 Å². The third-order valence-electron chi connectivity index (χ3n) is 4.36. The van der Waals surface area contributed by atoms with Gasteiger partial charge in [-0.25, -0.2) is 0 Å². The number of nitro benzene ring substituents is 1. The summed E-state index contributed by atoms with van der Waals surface area (Å²) < 4.78 is 5.88. The van der Waals surface area contributed by atoms with E-state index in [1.54, 1.807) is 12.1 Å². The van der Waals surface area contributed by atoms with Crippen molar-refractivity contribution in [3.05, 3.63) is 70.3 Å². The topological polar surface area (TPSA) is 55.6 Å². The van der Waals surface area contributed by atoms with Crippen LogP contribution in [-0.4, -0.2) is 29.5 Å². The Morgan fingerprint density at radius 2 is 2.00 bits per heavy atom. The van der Waals surface area contributed by atoms with Crippen LogP contribution in [0.1, 0.15) is 18.4 Å². The second kappa shape index (κ2) is 7.93. The van der Waals surface area contributed by atoms with Crippen LogP contribution in [-0.2, 0) is 6.54 Å². The van der Waals surface area contributed by atoms with Crippen molar-refractivity contribution in [2.24, 2.45) is 5.92 Å². The number of nitro groups is 1. The minimum Gasteiger partial charge on any atom is -0.493 e. The monoisotopic (exact) mass is 326 g/mol. The molecule has 1 fully saturated rings. The van der Waals surface area contributed by atoms with Crippen molar-refractivity contribution in [2.75, 3.05) is 19.7 Å². The Morgan fingerprint density at radius 3 is 2.79 bits per heavy atom. The number of nitrogens with zero attached hydrogens (tertiary/aromatic N) is 2. The van der Waals surface area contributed by atoms with Gasteiger partial charge < -0.3 is 4.74 Å². The van der Waals surface area contributed by atoms with Crippen LogP contribution in [0, 0.1) is 16.0 Å². The van der Waals surface area contributed by atoms with Crippen molar-refractivity contribution in [1.82, 2.24) is 4.90 Å². The molecule has 1 aliphatic rings. The Morgan fingerprint density at radius 1 is 1.17 bits per heavy atom. The van der Waals surface area contributed by atoms with Gasteiger partial charge in [0.25, 0.3) is 5.69 Å². The van der Waals surface area contributed by atoms with Crippen LogP contribution in [0.25, 0.3) is 0 Å². The highest BCUT2D eigenvalue weighted by Crippen LogP contribution is 2.21. The van der Waals surface area contributed by atoms with E-state index in [9.17, 15) is 10.1 Å². The average molecular weight is 326 g/mol. The summed E-state index contributed by atoms with van der Waals surface area (Å²) in [5, 5.41) is 10.9. The highest BCUT2D eigenvalue weighted by atomic mass is 16.6. The molecule has 1 aliphatic heterocycles. The molecule has 0 aliphatic carbocycles. The molecule has 1 unspecified atom stereocenters. The van der Waals surface area contributed by atoms with Crippen LogP contribution in [0.2, 0.25) is 0 Å². The Kier molecular flexibility index (Phi) is 5.43. The third-order valence-corrected chi connectivity index (χ3v) is 4.36. The number of hydrogen-bond donors (Lipinski definition) is 0. The largest absolute Gasteiger partial charge is 0.493 e. The highest BCUT2D eigenvalue weighted by Gasteiger charge is 2.21. The minimum absolute atomic E-state index is 0.161. The number of ether oxygens (including phenoxy) is 1. The molecule has 0 aromatic heterocycles. The fourth-order valence-electron chi connectivity index (χ4n) is 3.19. The lowest BCUT2D eigenvalue weighted by Gasteiger charge is -2.32. The van der Waals surface area contributed by atoms with Crippen molar-refractivity contribution in [2.45, 2.75) is 19.4 Å². The maximum atomic E-state index is 10.9. The molecule has 1 saturated heterocycles. The molecule has 126 valence electrons. The molecule has 0 radical (unpaired) electrons. The van der Waals surface area contributed by atoms with Gasteiger partial charge in [-0.3, -0.25) is 15.0 Å². The summed E-state index contributed by atoms with van der Waals surface area (Å²) in [5.74, 6) is 1.41. The van der Waals surface area contributed by atoms with E-state index in [1.807, 2.05) is 36.4 Å². The van der Waals surface area contributed by atoms with Gasteiger partial charge in [0, 0.05) is 31.1 Å². The van der Waals surface area contributed by atoms with E-state index in [-0.39, 0.29) is 10.6 Å². The molecule has 2 aromatic rings. The molecule has 0 bridgehead atoms. The fraction of sp³-hybridized carbons (Fsp3) is 0.368. The number of piperidine rings is 1. The van der Waals surface area contributed by atoms with Gasteiger partial charge in [0.1, 0.15) is 5.75 Å². The van der Waals surface area contributed by atoms with Gasteiger partial charge in [0.05, 0.1) is 11.5 Å². The summed E-state index contributed by atoms with van der Waals surface area (Å²) in [7, 11) is 0. The van der Waals surface area contributed by atoms with Crippen molar-refractivity contribution in [3.63, 3.8) is 0 Å². The number of benzene rings is 2. The first-order chi connectivity index (χ1) is 11.7. The van der Waals surface area contributed by atoms with Gasteiger partial charge >= 0.3 is 0 Å². The van der Waals surface area contributed by atoms with Gasteiger partial charge in [-0.05, 0) is 37.1 Å². The molecule has 1 atom stereocenters. The van der Waals surface area contributed by atoms with E-state index in [0.717, 1.165) is 50.4 Å². The van der Waals surface area contributed by atoms with Crippen LogP contribution in [0.15, 0.2) is 54.6 Å². The Balaban J connectivity index is 1.53. The quantitative estimate of drug-likeness (QED) is 0.597. The van der Waals surface area contributed by atoms with E-state index in [1.165, 1.54) is 6.07 Å². The number of hydrogen-bond acceptors (Lipinski definition) is 4. The molecule has 0 saturated carbocycles. The number of likely N-dealkylation sites (tertiary alicyclic amines) is 1. The van der Waals surface area contributed by atoms with E-state index in [4.69, 9.17) is 4.74 Å². The van der Waals surface area contributed by atoms with Crippen molar-refractivity contribution < 1.29 is 9.66 Å². The maximum absolute atomic E-state index is 10.9. The second-order valence-corrected chi connectivity index (χ2v) is 6.29. The zero-order chi connectivity index (χ0) is 16.8. The van der Waals surface area contributed by atoms with E-state index < -0.39 is 0 Å². The smallest absolute Gasteiger partial charge is 0.269 e. The van der Waals surface area contributed by atoms with Gasteiger partial charge in [0.15, 0.2) is 0 Å². The minimum atomic E-state index is -0.337. The maximum Gasteiger partial charge on any atom is 0.269 e. The van der Waals surface area contributed by atoms with Crippen molar-refractivity contribution in [3.8, 4) is 5.75 Å². The highest BCUT2D eigenvalue weighted by molar-refractivity contribution is 5.34. The number of para-hydroxylation sites is 1. The van der Waals surface area contributed by atoms with Crippen LogP contribution < -0.4 is 4.74 Å². The summed E-state index contributed by atoms with van der Waals surface area (Å²) in [6.45, 7) is 3.47. The molecule has 2 aromatic carbocycles. The molecule has 0 amide bonds. The first kappa shape index (κ1) is 16.5. The lowest BCUT2D eigenvalue weighted by molar-refractivity contribution is -0.384. The van der Waals surface area contributed by atoms with Gasteiger partial charge in [-0.15, -0.1) is 0 Å². The van der Waals surface area contributed by atoms with Crippen molar-refractivity contribution in [1.29, 1.82) is 0 Å². The van der Waals surface area contributed by atoms with Crippen LogP contribution in [0.5, 0.6) is 5.75 Å². The molecule has 1 heterocycles. The Labute approximate surface area is 142 Å². The number of non-ortho nitro benzene ring substituents is 1. The third kappa shape index (κ3) is 4.55. The standard InChI is InChI=1S/C19H22N2O3/c22-21(23)18-8-4-6-16(12-18)13-20-11-5-7-17(14-20)15-24-19-9-2-1-3-10-19/h1-4,6,8-10,12,17H,5,7,11,13-15H2. The molecule has 5 nitrogen and oxygen atoms in total. The first-order valence-electron chi connectivity index (χ1n) is 8.34. The zero-order valence-corrected chi connectivity index (χ0v) is 13.6. The molecule has 0 spiro atoms. The van der Waals surface area contributed by atoms with Gasteiger partial charge in [0.2, 0.25) is 0 Å². The Hall–Kier alpha value is -2.40. The molecule has 3 rings (SSSR count). The van der Waals surface area contributed by atoms with Crippen LogP contribution >= 0.6 is 0 Å². The second-order valence-electron chi connectivity index (χ2n) is 6.29. The van der Waals surface area contributed by atoms with E-state index in [2.05, 4.69) is 4.90 Å². The molecular weight excluding hydrogens is 304 g/mol. The summed E-state index contributed by atoms with van der Waals surface area (Å²) in [6, 6.07) is 16.8. The van der Waals surface area contributed by atoms with Gasteiger partial charge in [-0.1, -0.05) is 30.3 Å². The summed E-state index contributed by atoms with van der Waals surface area (Å²) >= 11 is 0. The lowest BCUT2D eigenvalue weighted by atomic mass is 9.98. The molecule has 5 heteroatoms.